The number of esters is 1. The number of carbonyl (C=O) groups is 4. The highest BCUT2D eigenvalue weighted by Gasteiger charge is 2.28. The number of nitrogens with one attached hydrogen (secondary N) is 2. The molecule has 31 heavy (non-hydrogen) atoms. The number of hydrogen-bond donors (Lipinski definition) is 3. The standard InChI is InChI=1S/C21H24ClN3O5S/c1-11(2)10-16(24-19(28)13-4-6-14(22)7-5-13)21(29)30-12(3)18(27)25-20-15(17(23)26)8-9-31-20/h4-9,11-12,16H,10H2,1-3H3,(H2,23,26)(H,24,28)(H,25,27). The molecule has 0 saturated carbocycles. The fraction of sp³-hybridized carbons (Fsp3) is 0.333. The summed E-state index contributed by atoms with van der Waals surface area (Å²) in [7, 11) is 0. The van der Waals surface area contributed by atoms with Gasteiger partial charge in [-0.1, -0.05) is 25.4 Å². The van der Waals surface area contributed by atoms with Crippen molar-refractivity contribution in [3.05, 3.63) is 51.9 Å². The van der Waals surface area contributed by atoms with Crippen LogP contribution in [0.4, 0.5) is 5.00 Å². The molecule has 8 nitrogen and oxygen atoms in total. The number of anilines is 1. The van der Waals surface area contributed by atoms with Crippen LogP contribution in [-0.2, 0) is 14.3 Å². The first-order valence-corrected chi connectivity index (χ1v) is 10.8. The zero-order valence-corrected chi connectivity index (χ0v) is 18.9. The van der Waals surface area contributed by atoms with Gasteiger partial charge in [0.2, 0.25) is 0 Å². The molecule has 0 aliphatic rings. The molecule has 2 atom stereocenters. The molecule has 10 heteroatoms. The van der Waals surface area contributed by atoms with Gasteiger partial charge in [0.15, 0.2) is 6.10 Å². The van der Waals surface area contributed by atoms with Gasteiger partial charge in [-0.2, -0.15) is 0 Å². The second kappa shape index (κ2) is 10.9. The van der Waals surface area contributed by atoms with Gasteiger partial charge in [-0.15, -0.1) is 11.3 Å². The Bertz CT molecular complexity index is 958. The van der Waals surface area contributed by atoms with E-state index >= 15 is 0 Å². The van der Waals surface area contributed by atoms with Gasteiger partial charge in [-0.3, -0.25) is 14.4 Å². The quantitative estimate of drug-likeness (QED) is 0.490. The average molecular weight is 466 g/mol. The van der Waals surface area contributed by atoms with Gasteiger partial charge >= 0.3 is 5.97 Å². The maximum Gasteiger partial charge on any atom is 0.329 e. The van der Waals surface area contributed by atoms with E-state index in [0.717, 1.165) is 11.3 Å². The van der Waals surface area contributed by atoms with E-state index in [9.17, 15) is 19.2 Å². The Kier molecular flexibility index (Phi) is 8.58. The Morgan fingerprint density at radius 3 is 2.32 bits per heavy atom. The second-order valence-corrected chi connectivity index (χ2v) is 8.61. The topological polar surface area (TPSA) is 128 Å². The number of halogens is 1. The van der Waals surface area contributed by atoms with Crippen LogP contribution in [0.3, 0.4) is 0 Å². The summed E-state index contributed by atoms with van der Waals surface area (Å²) in [5.41, 5.74) is 5.78. The van der Waals surface area contributed by atoms with Crippen LogP contribution in [0.25, 0.3) is 0 Å². The third-order valence-corrected chi connectivity index (χ3v) is 5.31. The van der Waals surface area contributed by atoms with Crippen LogP contribution in [0.2, 0.25) is 5.02 Å². The van der Waals surface area contributed by atoms with Crippen molar-refractivity contribution in [3.63, 3.8) is 0 Å². The lowest BCUT2D eigenvalue weighted by Gasteiger charge is -2.21. The average Bonchev–Trinajstić information content (AvgIpc) is 3.15. The molecule has 1 aromatic heterocycles. The molecule has 0 bridgehead atoms. The van der Waals surface area contributed by atoms with E-state index in [0.29, 0.717) is 17.0 Å². The van der Waals surface area contributed by atoms with Gasteiger partial charge in [0, 0.05) is 10.6 Å². The fourth-order valence-electron chi connectivity index (χ4n) is 2.65. The highest BCUT2D eigenvalue weighted by Crippen LogP contribution is 2.23. The summed E-state index contributed by atoms with van der Waals surface area (Å²) in [6.07, 6.45) is -0.832. The lowest BCUT2D eigenvalue weighted by molar-refractivity contribution is -0.155. The molecule has 3 amide bonds. The van der Waals surface area contributed by atoms with E-state index in [1.54, 1.807) is 29.6 Å². The van der Waals surface area contributed by atoms with Crippen molar-refractivity contribution in [3.8, 4) is 0 Å². The van der Waals surface area contributed by atoms with Crippen molar-refractivity contribution in [1.29, 1.82) is 0 Å². The Morgan fingerprint density at radius 1 is 1.10 bits per heavy atom. The Hall–Kier alpha value is -2.91. The van der Waals surface area contributed by atoms with Crippen molar-refractivity contribution >= 4 is 51.6 Å². The summed E-state index contributed by atoms with van der Waals surface area (Å²) < 4.78 is 5.28. The Morgan fingerprint density at radius 2 is 1.74 bits per heavy atom. The Labute approximate surface area is 189 Å². The molecular formula is C21H24ClN3O5S. The monoisotopic (exact) mass is 465 g/mol. The predicted octanol–water partition coefficient (Wildman–Crippen LogP) is 3.22. The lowest BCUT2D eigenvalue weighted by Crippen LogP contribution is -2.45. The maximum absolute atomic E-state index is 12.7. The summed E-state index contributed by atoms with van der Waals surface area (Å²) in [6.45, 7) is 5.19. The fourth-order valence-corrected chi connectivity index (χ4v) is 3.57. The van der Waals surface area contributed by atoms with Crippen molar-refractivity contribution < 1.29 is 23.9 Å². The van der Waals surface area contributed by atoms with Crippen molar-refractivity contribution in [2.45, 2.75) is 39.3 Å². The van der Waals surface area contributed by atoms with E-state index in [1.165, 1.54) is 13.0 Å². The molecule has 0 aliphatic heterocycles. The number of primary amides is 1. The summed E-state index contributed by atoms with van der Waals surface area (Å²) in [5.74, 6) is -2.41. The first kappa shape index (κ1) is 24.4. The number of rotatable bonds is 9. The second-order valence-electron chi connectivity index (χ2n) is 7.26. The third-order valence-electron chi connectivity index (χ3n) is 4.23. The van der Waals surface area contributed by atoms with Crippen LogP contribution in [0.15, 0.2) is 35.7 Å². The summed E-state index contributed by atoms with van der Waals surface area (Å²) in [6, 6.07) is 6.78. The number of carbonyl (C=O) groups excluding carboxylic acids is 4. The first-order valence-electron chi connectivity index (χ1n) is 9.53. The van der Waals surface area contributed by atoms with Crippen LogP contribution >= 0.6 is 22.9 Å². The van der Waals surface area contributed by atoms with Gasteiger partial charge in [-0.25, -0.2) is 4.79 Å². The third kappa shape index (κ3) is 7.08. The molecule has 2 aromatic rings. The number of nitrogens with two attached hydrogens (primary N) is 1. The molecule has 0 saturated heterocycles. The molecule has 0 radical (unpaired) electrons. The molecule has 1 heterocycles. The smallest absolute Gasteiger partial charge is 0.329 e. The predicted molar refractivity (Wildman–Crippen MR) is 119 cm³/mol. The molecule has 2 rings (SSSR count). The van der Waals surface area contributed by atoms with E-state index in [1.807, 2.05) is 13.8 Å². The van der Waals surface area contributed by atoms with E-state index < -0.39 is 35.8 Å². The normalized spacial score (nSPS) is 12.7. The minimum Gasteiger partial charge on any atom is -0.451 e. The van der Waals surface area contributed by atoms with Crippen LogP contribution < -0.4 is 16.4 Å². The summed E-state index contributed by atoms with van der Waals surface area (Å²) in [4.78, 5) is 49.0. The molecular weight excluding hydrogens is 442 g/mol. The molecule has 0 aliphatic carbocycles. The van der Waals surface area contributed by atoms with Crippen LogP contribution in [-0.4, -0.2) is 35.8 Å². The number of ether oxygens (including phenoxy) is 1. The zero-order valence-electron chi connectivity index (χ0n) is 17.3. The number of hydrogen-bond acceptors (Lipinski definition) is 6. The van der Waals surface area contributed by atoms with Gasteiger partial charge in [0.25, 0.3) is 17.7 Å². The molecule has 0 spiro atoms. The number of benzene rings is 1. The SMILES string of the molecule is CC(C)CC(NC(=O)c1ccc(Cl)cc1)C(=O)OC(C)C(=O)Nc1sccc1C(N)=O. The molecule has 1 aromatic carbocycles. The molecule has 0 fully saturated rings. The van der Waals surface area contributed by atoms with Crippen LogP contribution in [0.1, 0.15) is 47.9 Å². The van der Waals surface area contributed by atoms with E-state index in [-0.39, 0.29) is 16.5 Å². The minimum absolute atomic E-state index is 0.0800. The van der Waals surface area contributed by atoms with E-state index in [4.69, 9.17) is 22.1 Å². The molecule has 4 N–H and O–H groups in total. The molecule has 166 valence electrons. The van der Waals surface area contributed by atoms with Crippen molar-refractivity contribution in [1.82, 2.24) is 5.32 Å². The largest absolute Gasteiger partial charge is 0.451 e. The van der Waals surface area contributed by atoms with Crippen LogP contribution in [0.5, 0.6) is 0 Å². The van der Waals surface area contributed by atoms with Gasteiger partial charge in [-0.05, 0) is 55.0 Å². The van der Waals surface area contributed by atoms with Gasteiger partial charge in [0.05, 0.1) is 5.56 Å². The van der Waals surface area contributed by atoms with Gasteiger partial charge < -0.3 is 21.1 Å². The van der Waals surface area contributed by atoms with E-state index in [2.05, 4.69) is 10.6 Å². The number of thiophene rings is 1. The summed E-state index contributed by atoms with van der Waals surface area (Å²) >= 11 is 6.96. The van der Waals surface area contributed by atoms with Crippen molar-refractivity contribution in [2.24, 2.45) is 11.7 Å². The summed E-state index contributed by atoms with van der Waals surface area (Å²) in [5, 5.41) is 7.55. The Balaban J connectivity index is 2.04. The van der Waals surface area contributed by atoms with Crippen molar-refractivity contribution in [2.75, 3.05) is 5.32 Å². The van der Waals surface area contributed by atoms with Crippen LogP contribution in [0, 0.1) is 5.92 Å². The highest BCUT2D eigenvalue weighted by molar-refractivity contribution is 7.14. The lowest BCUT2D eigenvalue weighted by atomic mass is 10.0. The highest BCUT2D eigenvalue weighted by atomic mass is 35.5. The van der Waals surface area contributed by atoms with Gasteiger partial charge in [0.1, 0.15) is 11.0 Å². The number of amides is 3. The first-order chi connectivity index (χ1) is 14.6. The maximum atomic E-state index is 12.7. The molecule has 2 unspecified atom stereocenters. The minimum atomic E-state index is -1.16. The zero-order chi connectivity index (χ0) is 23.1.